The highest BCUT2D eigenvalue weighted by Gasteiger charge is 2.23. The first-order chi connectivity index (χ1) is 7.46. The number of fused-ring (bicyclic) bond motifs is 1. The van der Waals surface area contributed by atoms with Crippen LogP contribution in [0.2, 0.25) is 5.02 Å². The van der Waals surface area contributed by atoms with E-state index in [4.69, 9.17) is 16.7 Å². The van der Waals surface area contributed by atoms with Gasteiger partial charge in [0.05, 0.1) is 0 Å². The Morgan fingerprint density at radius 1 is 1.50 bits per heavy atom. The molecule has 1 aliphatic heterocycles. The Morgan fingerprint density at radius 2 is 2.25 bits per heavy atom. The van der Waals surface area contributed by atoms with Crippen LogP contribution in [0.5, 0.6) is 0 Å². The largest absolute Gasteiger partial charge is 0.274 e. The van der Waals surface area contributed by atoms with E-state index >= 15 is 0 Å². The number of hydrogen-bond acceptors (Lipinski definition) is 3. The van der Waals surface area contributed by atoms with Crippen molar-refractivity contribution < 1.29 is 8.42 Å². The second-order valence-electron chi connectivity index (χ2n) is 3.53. The molecule has 0 bridgehead atoms. The molecule has 3 N–H and O–H groups in total. The maximum atomic E-state index is 11.0. The molecule has 16 heavy (non-hydrogen) atoms. The van der Waals surface area contributed by atoms with Gasteiger partial charge in [0.25, 0.3) is 10.2 Å². The third-order valence-corrected chi connectivity index (χ3v) is 4.29. The standard InChI is InChI=1S/C9H11ClN2O2S2/c10-6-1-2-9-7(5-6)8(3-4-15-9)12-16(11,13)14/h1-2,5,8,12H,3-4H2,(H2,11,13,14). The Bertz CT molecular complexity index is 504. The SMILES string of the molecule is NS(=O)(=O)NC1CCSc2ccc(Cl)cc21. The minimum Gasteiger partial charge on any atom is -0.216 e. The van der Waals surface area contributed by atoms with E-state index in [1.54, 1.807) is 23.9 Å². The second kappa shape index (κ2) is 4.54. The molecule has 4 nitrogen and oxygen atoms in total. The topological polar surface area (TPSA) is 72.2 Å². The van der Waals surface area contributed by atoms with E-state index in [2.05, 4.69) is 4.72 Å². The fraction of sp³-hybridized carbons (Fsp3) is 0.333. The minimum absolute atomic E-state index is 0.273. The highest BCUT2D eigenvalue weighted by molar-refractivity contribution is 7.99. The molecule has 0 aromatic heterocycles. The Morgan fingerprint density at radius 3 is 2.94 bits per heavy atom. The molecule has 0 spiro atoms. The van der Waals surface area contributed by atoms with Crippen molar-refractivity contribution in [3.63, 3.8) is 0 Å². The number of nitrogens with one attached hydrogen (secondary N) is 1. The molecule has 7 heteroatoms. The van der Waals surface area contributed by atoms with E-state index in [9.17, 15) is 8.42 Å². The zero-order valence-corrected chi connectivity index (χ0v) is 10.7. The second-order valence-corrected chi connectivity index (χ2v) is 6.43. The fourth-order valence-corrected chi connectivity index (χ4v) is 3.61. The average molecular weight is 279 g/mol. The van der Waals surface area contributed by atoms with E-state index in [0.717, 1.165) is 16.2 Å². The lowest BCUT2D eigenvalue weighted by Crippen LogP contribution is -2.35. The van der Waals surface area contributed by atoms with Crippen LogP contribution in [-0.2, 0) is 10.2 Å². The number of nitrogens with two attached hydrogens (primary N) is 1. The van der Waals surface area contributed by atoms with Crippen molar-refractivity contribution in [2.24, 2.45) is 5.14 Å². The van der Waals surface area contributed by atoms with Crippen molar-refractivity contribution in [3.8, 4) is 0 Å². The molecule has 1 atom stereocenters. The molecule has 0 saturated carbocycles. The number of halogens is 1. The summed E-state index contributed by atoms with van der Waals surface area (Å²) in [7, 11) is -3.68. The molecular formula is C9H11ClN2O2S2. The zero-order valence-electron chi connectivity index (χ0n) is 8.31. The molecule has 0 fully saturated rings. The van der Waals surface area contributed by atoms with E-state index in [-0.39, 0.29) is 6.04 Å². The first-order valence-corrected chi connectivity index (χ1v) is 7.59. The molecule has 1 aromatic rings. The van der Waals surface area contributed by atoms with Crippen LogP contribution in [0.15, 0.2) is 23.1 Å². The van der Waals surface area contributed by atoms with Crippen LogP contribution in [0.4, 0.5) is 0 Å². The summed E-state index contributed by atoms with van der Waals surface area (Å²) >= 11 is 7.59. The van der Waals surface area contributed by atoms with Gasteiger partial charge in [-0.05, 0) is 35.9 Å². The molecule has 0 aliphatic carbocycles. The molecular weight excluding hydrogens is 268 g/mol. The van der Waals surface area contributed by atoms with Crippen molar-refractivity contribution in [2.45, 2.75) is 17.4 Å². The Labute approximate surface area is 104 Å². The minimum atomic E-state index is -3.68. The smallest absolute Gasteiger partial charge is 0.216 e. The monoisotopic (exact) mass is 278 g/mol. The molecule has 88 valence electrons. The van der Waals surface area contributed by atoms with Crippen LogP contribution in [-0.4, -0.2) is 14.2 Å². The molecule has 0 radical (unpaired) electrons. The van der Waals surface area contributed by atoms with Gasteiger partial charge in [0.1, 0.15) is 0 Å². The van der Waals surface area contributed by atoms with Gasteiger partial charge in [-0.3, -0.25) is 0 Å². The van der Waals surface area contributed by atoms with Crippen LogP contribution in [0, 0.1) is 0 Å². The van der Waals surface area contributed by atoms with Gasteiger partial charge in [-0.1, -0.05) is 11.6 Å². The molecule has 0 saturated heterocycles. The summed E-state index contributed by atoms with van der Waals surface area (Å²) in [4.78, 5) is 1.05. The summed E-state index contributed by atoms with van der Waals surface area (Å²) < 4.78 is 24.5. The van der Waals surface area contributed by atoms with Crippen LogP contribution in [0.3, 0.4) is 0 Å². The predicted octanol–water partition coefficient (Wildman–Crippen LogP) is 1.67. The van der Waals surface area contributed by atoms with Crippen LogP contribution in [0.1, 0.15) is 18.0 Å². The van der Waals surface area contributed by atoms with Gasteiger partial charge < -0.3 is 0 Å². The summed E-state index contributed by atoms with van der Waals surface area (Å²) in [5.74, 6) is 0.863. The lowest BCUT2D eigenvalue weighted by molar-refractivity contribution is 0.547. The number of benzene rings is 1. The third kappa shape index (κ3) is 2.89. The number of thioether (sulfide) groups is 1. The lowest BCUT2D eigenvalue weighted by atomic mass is 10.1. The maximum absolute atomic E-state index is 11.0. The van der Waals surface area contributed by atoms with Crippen LogP contribution in [0.25, 0.3) is 0 Å². The molecule has 0 amide bonds. The number of rotatable bonds is 2. The van der Waals surface area contributed by atoms with Crippen molar-refractivity contribution in [3.05, 3.63) is 28.8 Å². The van der Waals surface area contributed by atoms with Gasteiger partial charge >= 0.3 is 0 Å². The van der Waals surface area contributed by atoms with Gasteiger partial charge in [-0.15, -0.1) is 11.8 Å². The predicted molar refractivity (Wildman–Crippen MR) is 65.8 cm³/mol. The highest BCUT2D eigenvalue weighted by Crippen LogP contribution is 2.37. The third-order valence-electron chi connectivity index (χ3n) is 2.32. The summed E-state index contributed by atoms with van der Waals surface area (Å²) in [6, 6.07) is 5.21. The zero-order chi connectivity index (χ0) is 11.8. The van der Waals surface area contributed by atoms with Crippen molar-refractivity contribution in [2.75, 3.05) is 5.75 Å². The van der Waals surface area contributed by atoms with Gasteiger partial charge in [0.2, 0.25) is 0 Å². The summed E-state index contributed by atoms with van der Waals surface area (Å²) in [6.07, 6.45) is 0.717. The van der Waals surface area contributed by atoms with Gasteiger partial charge in [0.15, 0.2) is 0 Å². The Hall–Kier alpha value is -0.270. The van der Waals surface area contributed by atoms with Gasteiger partial charge in [0, 0.05) is 16.0 Å². The summed E-state index contributed by atoms with van der Waals surface area (Å²) in [5, 5.41) is 5.58. The van der Waals surface area contributed by atoms with Gasteiger partial charge in [-0.2, -0.15) is 13.1 Å². The maximum Gasteiger partial charge on any atom is 0.274 e. The quantitative estimate of drug-likeness (QED) is 0.864. The van der Waals surface area contributed by atoms with E-state index in [1.807, 2.05) is 6.07 Å². The highest BCUT2D eigenvalue weighted by atomic mass is 35.5. The fourth-order valence-electron chi connectivity index (χ4n) is 1.69. The van der Waals surface area contributed by atoms with E-state index < -0.39 is 10.2 Å². The lowest BCUT2D eigenvalue weighted by Gasteiger charge is -2.25. The summed E-state index contributed by atoms with van der Waals surface area (Å²) in [5.41, 5.74) is 0.901. The van der Waals surface area contributed by atoms with E-state index in [1.165, 1.54) is 0 Å². The van der Waals surface area contributed by atoms with Crippen molar-refractivity contribution in [1.82, 2.24) is 4.72 Å². The van der Waals surface area contributed by atoms with Gasteiger partial charge in [-0.25, -0.2) is 5.14 Å². The Kier molecular flexibility index (Phi) is 3.46. The molecule has 1 heterocycles. The molecule has 1 aliphatic rings. The molecule has 1 unspecified atom stereocenters. The Balaban J connectivity index is 2.35. The summed E-state index contributed by atoms with van der Waals surface area (Å²) in [6.45, 7) is 0. The molecule has 1 aromatic carbocycles. The van der Waals surface area contributed by atoms with Crippen LogP contribution >= 0.6 is 23.4 Å². The first kappa shape index (κ1) is 12.2. The number of hydrogen-bond donors (Lipinski definition) is 2. The normalized spacial score (nSPS) is 20.5. The van der Waals surface area contributed by atoms with E-state index in [0.29, 0.717) is 11.4 Å². The first-order valence-electron chi connectivity index (χ1n) is 4.68. The van der Waals surface area contributed by atoms with Crippen molar-refractivity contribution >= 4 is 33.6 Å². The molecule has 2 rings (SSSR count). The average Bonchev–Trinajstić information content (AvgIpc) is 2.17. The van der Waals surface area contributed by atoms with Crippen LogP contribution < -0.4 is 9.86 Å². The van der Waals surface area contributed by atoms with Crippen molar-refractivity contribution in [1.29, 1.82) is 0 Å².